The maximum absolute atomic E-state index is 5.95. The second kappa shape index (κ2) is 6.35. The molecule has 1 N–H and O–H groups in total. The van der Waals surface area contributed by atoms with Gasteiger partial charge in [-0.05, 0) is 49.6 Å². The van der Waals surface area contributed by atoms with Crippen molar-refractivity contribution >= 4 is 23.1 Å². The Morgan fingerprint density at radius 3 is 2.57 bits per heavy atom. The lowest BCUT2D eigenvalue weighted by molar-refractivity contribution is 0.871. The van der Waals surface area contributed by atoms with E-state index in [9.17, 15) is 0 Å². The summed E-state index contributed by atoms with van der Waals surface area (Å²) in [6.45, 7) is 4.35. The summed E-state index contributed by atoms with van der Waals surface area (Å²) in [5.41, 5.74) is 2.32. The van der Waals surface area contributed by atoms with Crippen LogP contribution in [0.1, 0.15) is 31.4 Å². The molecule has 2 heterocycles. The maximum Gasteiger partial charge on any atom is 0.151 e. The first-order valence-corrected chi connectivity index (χ1v) is 7.84. The molecule has 3 rings (SSSR count). The fourth-order valence-corrected chi connectivity index (χ4v) is 2.88. The van der Waals surface area contributed by atoms with E-state index in [2.05, 4.69) is 40.3 Å². The molecular weight excluding hydrogens is 282 g/mol. The predicted octanol–water partition coefficient (Wildman–Crippen LogP) is 4.51. The van der Waals surface area contributed by atoms with Crippen LogP contribution in [0.25, 0.3) is 0 Å². The van der Waals surface area contributed by atoms with Crippen LogP contribution in [0.4, 0.5) is 11.5 Å². The minimum absolute atomic E-state index is 0.216. The van der Waals surface area contributed by atoms with Crippen LogP contribution in [0.3, 0.4) is 0 Å². The molecule has 1 aromatic carbocycles. The zero-order chi connectivity index (χ0) is 14.7. The molecule has 0 saturated carbocycles. The van der Waals surface area contributed by atoms with Crippen molar-refractivity contribution in [1.29, 1.82) is 0 Å². The minimum Gasteiger partial charge on any atom is -0.376 e. The summed E-state index contributed by atoms with van der Waals surface area (Å²) in [7, 11) is 0. The standard InChI is InChI=1S/C17H20ClN3/c1-13(14-6-8-15(18)9-7-14)20-16-5-4-10-19-17(16)21-11-2-3-12-21/h4-10,13,20H,2-3,11-12H2,1H3. The fraction of sp³-hybridized carbons (Fsp3) is 0.353. The van der Waals surface area contributed by atoms with Crippen molar-refractivity contribution < 1.29 is 0 Å². The topological polar surface area (TPSA) is 28.2 Å². The van der Waals surface area contributed by atoms with Crippen molar-refractivity contribution in [3.8, 4) is 0 Å². The number of pyridine rings is 1. The number of nitrogens with one attached hydrogen (secondary N) is 1. The first kappa shape index (κ1) is 14.2. The third-order valence-electron chi connectivity index (χ3n) is 3.93. The van der Waals surface area contributed by atoms with Crippen molar-refractivity contribution in [2.45, 2.75) is 25.8 Å². The summed E-state index contributed by atoms with van der Waals surface area (Å²) in [6, 6.07) is 12.3. The van der Waals surface area contributed by atoms with Crippen LogP contribution >= 0.6 is 11.6 Å². The van der Waals surface area contributed by atoms with Gasteiger partial charge in [-0.3, -0.25) is 0 Å². The van der Waals surface area contributed by atoms with Crippen LogP contribution in [-0.4, -0.2) is 18.1 Å². The Balaban J connectivity index is 1.79. The zero-order valence-electron chi connectivity index (χ0n) is 12.2. The average Bonchev–Trinajstić information content (AvgIpc) is 3.02. The first-order valence-electron chi connectivity index (χ1n) is 7.46. The molecule has 0 bridgehead atoms. The summed E-state index contributed by atoms with van der Waals surface area (Å²) in [5.74, 6) is 1.07. The van der Waals surface area contributed by atoms with Crippen LogP contribution in [0.5, 0.6) is 0 Å². The Kier molecular flexibility index (Phi) is 4.30. The molecule has 21 heavy (non-hydrogen) atoms. The summed E-state index contributed by atoms with van der Waals surface area (Å²) in [5, 5.41) is 4.34. The van der Waals surface area contributed by atoms with Gasteiger partial charge in [-0.15, -0.1) is 0 Å². The van der Waals surface area contributed by atoms with E-state index in [1.807, 2.05) is 24.4 Å². The van der Waals surface area contributed by atoms with Crippen LogP contribution in [0.2, 0.25) is 5.02 Å². The Hall–Kier alpha value is -1.74. The summed E-state index contributed by atoms with van der Waals surface area (Å²) >= 11 is 5.95. The normalized spacial score (nSPS) is 16.0. The number of halogens is 1. The lowest BCUT2D eigenvalue weighted by Crippen LogP contribution is -2.21. The highest BCUT2D eigenvalue weighted by molar-refractivity contribution is 6.30. The quantitative estimate of drug-likeness (QED) is 0.900. The summed E-state index contributed by atoms with van der Waals surface area (Å²) < 4.78 is 0. The molecule has 1 fully saturated rings. The van der Waals surface area contributed by atoms with E-state index in [1.165, 1.54) is 18.4 Å². The first-order chi connectivity index (χ1) is 10.2. The Morgan fingerprint density at radius 2 is 1.86 bits per heavy atom. The van der Waals surface area contributed by atoms with E-state index in [4.69, 9.17) is 11.6 Å². The predicted molar refractivity (Wildman–Crippen MR) is 89.2 cm³/mol. The molecule has 1 atom stereocenters. The van der Waals surface area contributed by atoms with E-state index in [1.54, 1.807) is 0 Å². The number of nitrogens with zero attached hydrogens (tertiary/aromatic N) is 2. The van der Waals surface area contributed by atoms with E-state index in [-0.39, 0.29) is 6.04 Å². The van der Waals surface area contributed by atoms with Crippen LogP contribution in [0.15, 0.2) is 42.6 Å². The molecule has 3 nitrogen and oxygen atoms in total. The lowest BCUT2D eigenvalue weighted by Gasteiger charge is -2.23. The van der Waals surface area contributed by atoms with Crippen molar-refractivity contribution in [3.05, 3.63) is 53.2 Å². The molecule has 4 heteroatoms. The van der Waals surface area contributed by atoms with Crippen molar-refractivity contribution in [2.24, 2.45) is 0 Å². The van der Waals surface area contributed by atoms with Crippen molar-refractivity contribution in [1.82, 2.24) is 4.98 Å². The lowest BCUT2D eigenvalue weighted by atomic mass is 10.1. The number of benzene rings is 1. The number of hydrogen-bond acceptors (Lipinski definition) is 3. The van der Waals surface area contributed by atoms with Gasteiger partial charge in [-0.2, -0.15) is 0 Å². The Morgan fingerprint density at radius 1 is 1.14 bits per heavy atom. The van der Waals surface area contributed by atoms with Gasteiger partial charge >= 0.3 is 0 Å². The van der Waals surface area contributed by atoms with Gasteiger partial charge < -0.3 is 10.2 Å². The Bertz CT molecular complexity index is 591. The molecule has 0 amide bonds. The minimum atomic E-state index is 0.216. The molecule has 0 aliphatic carbocycles. The molecule has 1 aliphatic rings. The highest BCUT2D eigenvalue weighted by Crippen LogP contribution is 2.29. The number of anilines is 2. The summed E-state index contributed by atoms with van der Waals surface area (Å²) in [4.78, 5) is 6.92. The van der Waals surface area contributed by atoms with E-state index < -0.39 is 0 Å². The van der Waals surface area contributed by atoms with Gasteiger partial charge in [0, 0.05) is 30.4 Å². The van der Waals surface area contributed by atoms with Crippen LogP contribution in [-0.2, 0) is 0 Å². The summed E-state index contributed by atoms with van der Waals surface area (Å²) in [6.07, 6.45) is 4.37. The number of rotatable bonds is 4. The van der Waals surface area contributed by atoms with Gasteiger partial charge in [-0.25, -0.2) is 4.98 Å². The van der Waals surface area contributed by atoms with E-state index >= 15 is 0 Å². The average molecular weight is 302 g/mol. The van der Waals surface area contributed by atoms with Gasteiger partial charge in [0.1, 0.15) is 0 Å². The van der Waals surface area contributed by atoms with Gasteiger partial charge in [-0.1, -0.05) is 23.7 Å². The second-order valence-electron chi connectivity index (χ2n) is 5.49. The van der Waals surface area contributed by atoms with Gasteiger partial charge in [0.15, 0.2) is 5.82 Å². The third kappa shape index (κ3) is 3.30. The smallest absolute Gasteiger partial charge is 0.151 e. The van der Waals surface area contributed by atoms with E-state index in [0.717, 1.165) is 29.6 Å². The maximum atomic E-state index is 5.95. The molecule has 0 spiro atoms. The van der Waals surface area contributed by atoms with Crippen LogP contribution < -0.4 is 10.2 Å². The molecule has 2 aromatic rings. The molecule has 1 aliphatic heterocycles. The fourth-order valence-electron chi connectivity index (χ4n) is 2.76. The van der Waals surface area contributed by atoms with Gasteiger partial charge in [0.25, 0.3) is 0 Å². The monoisotopic (exact) mass is 301 g/mol. The van der Waals surface area contributed by atoms with Crippen molar-refractivity contribution in [2.75, 3.05) is 23.3 Å². The zero-order valence-corrected chi connectivity index (χ0v) is 13.0. The number of aromatic nitrogens is 1. The number of hydrogen-bond donors (Lipinski definition) is 1. The molecule has 1 saturated heterocycles. The molecule has 110 valence electrons. The third-order valence-corrected chi connectivity index (χ3v) is 4.19. The second-order valence-corrected chi connectivity index (χ2v) is 5.92. The molecular formula is C17H20ClN3. The molecule has 1 unspecified atom stereocenters. The Labute approximate surface area is 131 Å². The largest absolute Gasteiger partial charge is 0.376 e. The SMILES string of the molecule is CC(Nc1cccnc1N1CCCC1)c1ccc(Cl)cc1. The van der Waals surface area contributed by atoms with Gasteiger partial charge in [0.2, 0.25) is 0 Å². The van der Waals surface area contributed by atoms with Crippen LogP contribution in [0, 0.1) is 0 Å². The highest BCUT2D eigenvalue weighted by Gasteiger charge is 2.17. The highest BCUT2D eigenvalue weighted by atomic mass is 35.5. The van der Waals surface area contributed by atoms with Crippen molar-refractivity contribution in [3.63, 3.8) is 0 Å². The van der Waals surface area contributed by atoms with E-state index in [0.29, 0.717) is 0 Å². The molecule has 0 radical (unpaired) electrons. The van der Waals surface area contributed by atoms with Gasteiger partial charge in [0.05, 0.1) is 5.69 Å². The molecule has 1 aromatic heterocycles.